The Morgan fingerprint density at radius 2 is 2.12 bits per heavy atom. The summed E-state index contributed by atoms with van der Waals surface area (Å²) in [6.07, 6.45) is 2.18. The van der Waals surface area contributed by atoms with Crippen LogP contribution >= 0.6 is 0 Å². The van der Waals surface area contributed by atoms with Crippen molar-refractivity contribution in [2.45, 2.75) is 26.2 Å². The number of nitrogens with one attached hydrogen (secondary N) is 1. The fraction of sp³-hybridized carbons (Fsp3) is 0.417. The monoisotopic (exact) mass is 221 g/mol. The summed E-state index contributed by atoms with van der Waals surface area (Å²) >= 11 is 0. The predicted molar refractivity (Wildman–Crippen MR) is 67.1 cm³/mol. The van der Waals surface area contributed by atoms with E-state index in [-0.39, 0.29) is 5.91 Å². The molecule has 0 atom stereocenters. The molecule has 1 rings (SSSR count). The Kier molecular flexibility index (Phi) is 4.64. The van der Waals surface area contributed by atoms with Crippen molar-refractivity contribution in [2.75, 3.05) is 17.6 Å². The van der Waals surface area contributed by atoms with Gasteiger partial charge < -0.3 is 16.8 Å². The molecule has 0 radical (unpaired) electrons. The lowest BCUT2D eigenvalue weighted by Crippen LogP contribution is -2.11. The average Bonchev–Trinajstić information content (AvgIpc) is 2.22. The molecule has 0 unspecified atom stereocenters. The van der Waals surface area contributed by atoms with Crippen LogP contribution in [0.15, 0.2) is 18.2 Å². The lowest BCUT2D eigenvalue weighted by atomic mass is 10.2. The summed E-state index contributed by atoms with van der Waals surface area (Å²) in [5.41, 5.74) is 13.7. The first kappa shape index (κ1) is 12.4. The number of carbonyl (C=O) groups excluding carboxylic acids is 1. The van der Waals surface area contributed by atoms with E-state index < -0.39 is 0 Å². The van der Waals surface area contributed by atoms with E-state index in [1.54, 1.807) is 0 Å². The minimum absolute atomic E-state index is 0.241. The van der Waals surface area contributed by atoms with Gasteiger partial charge in [0.2, 0.25) is 5.91 Å². The topological polar surface area (TPSA) is 81.1 Å². The second-order valence-electron chi connectivity index (χ2n) is 3.94. The van der Waals surface area contributed by atoms with Gasteiger partial charge in [-0.3, -0.25) is 4.79 Å². The molecule has 0 saturated heterocycles. The first-order valence-electron chi connectivity index (χ1n) is 5.48. The predicted octanol–water partition coefficient (Wildman–Crippen LogP) is 1.64. The maximum Gasteiger partial charge on any atom is 0.217 e. The van der Waals surface area contributed by atoms with Crippen molar-refractivity contribution in [1.82, 2.24) is 0 Å². The third-order valence-corrected chi connectivity index (χ3v) is 2.37. The number of rotatable bonds is 6. The normalized spacial score (nSPS) is 10.1. The number of aryl methyl sites for hydroxylation is 1. The van der Waals surface area contributed by atoms with Crippen LogP contribution in [0.1, 0.15) is 24.8 Å². The summed E-state index contributed by atoms with van der Waals surface area (Å²) in [5.74, 6) is -0.241. The number of nitrogens with two attached hydrogens (primary N) is 2. The van der Waals surface area contributed by atoms with Crippen molar-refractivity contribution in [1.29, 1.82) is 0 Å². The Morgan fingerprint density at radius 3 is 2.81 bits per heavy atom. The minimum Gasteiger partial charge on any atom is -0.397 e. The molecule has 1 aromatic carbocycles. The number of benzene rings is 1. The van der Waals surface area contributed by atoms with Crippen LogP contribution in [0.3, 0.4) is 0 Å². The highest BCUT2D eigenvalue weighted by atomic mass is 16.1. The molecule has 0 aromatic heterocycles. The molecule has 0 spiro atoms. The van der Waals surface area contributed by atoms with E-state index in [0.717, 1.165) is 30.8 Å². The highest BCUT2D eigenvalue weighted by Crippen LogP contribution is 2.19. The van der Waals surface area contributed by atoms with Gasteiger partial charge in [0, 0.05) is 13.0 Å². The van der Waals surface area contributed by atoms with Gasteiger partial charge in [-0.1, -0.05) is 6.07 Å². The molecule has 4 nitrogen and oxygen atoms in total. The van der Waals surface area contributed by atoms with Gasteiger partial charge >= 0.3 is 0 Å². The average molecular weight is 221 g/mol. The minimum atomic E-state index is -0.241. The fourth-order valence-corrected chi connectivity index (χ4v) is 1.47. The Bertz CT molecular complexity index is 363. The van der Waals surface area contributed by atoms with Gasteiger partial charge in [-0.05, 0) is 37.5 Å². The molecule has 0 aliphatic carbocycles. The SMILES string of the molecule is Cc1ccc(N)c(NCCCCC(N)=O)c1. The summed E-state index contributed by atoms with van der Waals surface area (Å²) in [7, 11) is 0. The summed E-state index contributed by atoms with van der Waals surface area (Å²) in [6, 6.07) is 5.89. The van der Waals surface area contributed by atoms with Crippen molar-refractivity contribution in [3.63, 3.8) is 0 Å². The van der Waals surface area contributed by atoms with E-state index in [4.69, 9.17) is 11.5 Å². The number of hydrogen-bond donors (Lipinski definition) is 3. The smallest absolute Gasteiger partial charge is 0.217 e. The molecular weight excluding hydrogens is 202 g/mol. The van der Waals surface area contributed by atoms with Crippen molar-refractivity contribution < 1.29 is 4.79 Å². The van der Waals surface area contributed by atoms with Crippen LogP contribution in [0, 0.1) is 6.92 Å². The molecule has 88 valence electrons. The Labute approximate surface area is 96.0 Å². The molecule has 5 N–H and O–H groups in total. The lowest BCUT2D eigenvalue weighted by Gasteiger charge is -2.09. The van der Waals surface area contributed by atoms with E-state index in [9.17, 15) is 4.79 Å². The molecule has 0 aliphatic rings. The van der Waals surface area contributed by atoms with Crippen molar-refractivity contribution in [2.24, 2.45) is 5.73 Å². The van der Waals surface area contributed by atoms with E-state index >= 15 is 0 Å². The van der Waals surface area contributed by atoms with Gasteiger partial charge in [0.15, 0.2) is 0 Å². The standard InChI is InChI=1S/C12H19N3O/c1-9-5-6-10(13)11(8-9)15-7-3-2-4-12(14)16/h5-6,8,15H,2-4,7,13H2,1H3,(H2,14,16). The van der Waals surface area contributed by atoms with Crippen LogP contribution in [0.2, 0.25) is 0 Å². The van der Waals surface area contributed by atoms with Crippen molar-refractivity contribution >= 4 is 17.3 Å². The zero-order chi connectivity index (χ0) is 12.0. The number of amides is 1. The van der Waals surface area contributed by atoms with Crippen LogP contribution < -0.4 is 16.8 Å². The quantitative estimate of drug-likeness (QED) is 0.504. The van der Waals surface area contributed by atoms with Gasteiger partial charge in [-0.25, -0.2) is 0 Å². The van der Waals surface area contributed by atoms with Crippen LogP contribution in [0.4, 0.5) is 11.4 Å². The number of primary amides is 1. The van der Waals surface area contributed by atoms with Crippen LogP contribution in [0.25, 0.3) is 0 Å². The van der Waals surface area contributed by atoms with Crippen LogP contribution in [-0.2, 0) is 4.79 Å². The molecule has 16 heavy (non-hydrogen) atoms. The van der Waals surface area contributed by atoms with Crippen LogP contribution in [0.5, 0.6) is 0 Å². The molecule has 0 fully saturated rings. The molecule has 1 amide bonds. The summed E-state index contributed by atoms with van der Waals surface area (Å²) in [6.45, 7) is 2.83. The Morgan fingerprint density at radius 1 is 1.38 bits per heavy atom. The molecule has 0 aliphatic heterocycles. The first-order chi connectivity index (χ1) is 7.59. The molecule has 0 heterocycles. The van der Waals surface area contributed by atoms with Gasteiger partial charge in [0.1, 0.15) is 0 Å². The molecule has 0 bridgehead atoms. The van der Waals surface area contributed by atoms with Gasteiger partial charge in [0.25, 0.3) is 0 Å². The fourth-order valence-electron chi connectivity index (χ4n) is 1.47. The van der Waals surface area contributed by atoms with E-state index in [0.29, 0.717) is 6.42 Å². The van der Waals surface area contributed by atoms with Crippen LogP contribution in [-0.4, -0.2) is 12.5 Å². The number of hydrogen-bond acceptors (Lipinski definition) is 3. The lowest BCUT2D eigenvalue weighted by molar-refractivity contribution is -0.118. The van der Waals surface area contributed by atoms with Gasteiger partial charge in [-0.2, -0.15) is 0 Å². The van der Waals surface area contributed by atoms with E-state index in [1.807, 2.05) is 25.1 Å². The molecule has 0 saturated carbocycles. The van der Waals surface area contributed by atoms with Crippen molar-refractivity contribution in [3.05, 3.63) is 23.8 Å². The second-order valence-corrected chi connectivity index (χ2v) is 3.94. The molecule has 4 heteroatoms. The maximum atomic E-state index is 10.5. The van der Waals surface area contributed by atoms with Gasteiger partial charge in [-0.15, -0.1) is 0 Å². The summed E-state index contributed by atoms with van der Waals surface area (Å²) in [5, 5.41) is 3.25. The number of nitrogen functional groups attached to an aromatic ring is 1. The zero-order valence-electron chi connectivity index (χ0n) is 9.62. The van der Waals surface area contributed by atoms with E-state index in [2.05, 4.69) is 5.32 Å². The largest absolute Gasteiger partial charge is 0.397 e. The number of anilines is 2. The Hall–Kier alpha value is -1.71. The molecular formula is C12H19N3O. The maximum absolute atomic E-state index is 10.5. The zero-order valence-corrected chi connectivity index (χ0v) is 9.62. The number of carbonyl (C=O) groups is 1. The summed E-state index contributed by atoms with van der Waals surface area (Å²) in [4.78, 5) is 10.5. The Balaban J connectivity index is 2.31. The first-order valence-corrected chi connectivity index (χ1v) is 5.48. The highest BCUT2D eigenvalue weighted by Gasteiger charge is 1.99. The highest BCUT2D eigenvalue weighted by molar-refractivity contribution is 5.73. The third-order valence-electron chi connectivity index (χ3n) is 2.37. The van der Waals surface area contributed by atoms with E-state index in [1.165, 1.54) is 5.56 Å². The summed E-state index contributed by atoms with van der Waals surface area (Å²) < 4.78 is 0. The van der Waals surface area contributed by atoms with Gasteiger partial charge in [0.05, 0.1) is 11.4 Å². The van der Waals surface area contributed by atoms with Crippen molar-refractivity contribution in [3.8, 4) is 0 Å². The molecule has 1 aromatic rings. The second kappa shape index (κ2) is 6.00. The number of unbranched alkanes of at least 4 members (excludes halogenated alkanes) is 1. The third kappa shape index (κ3) is 4.21.